The average molecular weight is 266 g/mol. The first-order valence-corrected chi connectivity index (χ1v) is 6.50. The number of rotatable bonds is 7. The average Bonchev–Trinajstić information content (AvgIpc) is 2.02. The van der Waals surface area contributed by atoms with Crippen molar-refractivity contribution in [3.63, 3.8) is 0 Å². The Morgan fingerprint density at radius 3 is 1.57 bits per heavy atom. The Labute approximate surface area is 98.8 Å². The van der Waals surface area contributed by atoms with E-state index in [4.69, 9.17) is 0 Å². The summed E-state index contributed by atoms with van der Waals surface area (Å²) in [5.74, 6) is 0.854. The maximum atomic E-state index is 3.81. The van der Waals surface area contributed by atoms with Gasteiger partial charge in [0.1, 0.15) is 0 Å². The van der Waals surface area contributed by atoms with Crippen molar-refractivity contribution in [2.45, 2.75) is 70.5 Å². The van der Waals surface area contributed by atoms with Crippen LogP contribution in [0.25, 0.3) is 0 Å². The van der Waals surface area contributed by atoms with E-state index < -0.39 is 0 Å². The Balaban J connectivity index is 0. The molecule has 0 rings (SSSR count). The van der Waals surface area contributed by atoms with Crippen LogP contribution in [0.3, 0.4) is 0 Å². The predicted molar refractivity (Wildman–Crippen MR) is 70.6 cm³/mol. The topological polar surface area (TPSA) is 35.0 Å². The molecule has 0 spiro atoms. The lowest BCUT2D eigenvalue weighted by Gasteiger charge is -2.29. The summed E-state index contributed by atoms with van der Waals surface area (Å²) >= 11 is 3.81. The van der Waals surface area contributed by atoms with E-state index >= 15 is 0 Å². The lowest BCUT2D eigenvalue weighted by atomic mass is 9.86. The zero-order chi connectivity index (χ0) is 10.3. The maximum absolute atomic E-state index is 3.81. The lowest BCUT2D eigenvalue weighted by molar-refractivity contribution is 0.355. The molecule has 0 aliphatic heterocycles. The second-order valence-electron chi connectivity index (χ2n) is 4.55. The van der Waals surface area contributed by atoms with Gasteiger partial charge in [0, 0.05) is 4.32 Å². The summed E-state index contributed by atoms with van der Waals surface area (Å²) in [6.45, 7) is 9.17. The number of unbranched alkanes of at least 4 members (excludes halogenated alkanes) is 2. The van der Waals surface area contributed by atoms with Crippen LogP contribution >= 0.6 is 15.9 Å². The van der Waals surface area contributed by atoms with E-state index in [2.05, 4.69) is 43.6 Å². The third kappa shape index (κ3) is 7.81. The van der Waals surface area contributed by atoms with E-state index in [-0.39, 0.29) is 6.15 Å². The zero-order valence-corrected chi connectivity index (χ0v) is 12.0. The SMILES string of the molecule is CCCCC(CCCC)C(C)(C)Br.N. The van der Waals surface area contributed by atoms with Crippen molar-refractivity contribution in [2.24, 2.45) is 5.92 Å². The quantitative estimate of drug-likeness (QED) is 0.622. The first kappa shape index (κ1) is 16.9. The number of hydrogen-bond donors (Lipinski definition) is 1. The Bertz CT molecular complexity index is 110. The Morgan fingerprint density at radius 2 is 1.36 bits per heavy atom. The molecule has 14 heavy (non-hydrogen) atoms. The van der Waals surface area contributed by atoms with Crippen molar-refractivity contribution in [3.8, 4) is 0 Å². The van der Waals surface area contributed by atoms with Crippen LogP contribution in [0.1, 0.15) is 66.2 Å². The summed E-state index contributed by atoms with van der Waals surface area (Å²) in [7, 11) is 0. The molecule has 2 heteroatoms. The van der Waals surface area contributed by atoms with Gasteiger partial charge in [-0.1, -0.05) is 55.5 Å². The third-order valence-corrected chi connectivity index (χ3v) is 3.43. The van der Waals surface area contributed by atoms with Crippen LogP contribution in [0.4, 0.5) is 0 Å². The molecule has 0 bridgehead atoms. The maximum Gasteiger partial charge on any atom is 0.0229 e. The van der Waals surface area contributed by atoms with Gasteiger partial charge in [0.2, 0.25) is 0 Å². The molecule has 88 valence electrons. The van der Waals surface area contributed by atoms with Crippen molar-refractivity contribution >= 4 is 15.9 Å². The predicted octanol–water partition coefficient (Wildman–Crippen LogP) is 5.32. The van der Waals surface area contributed by atoms with Crippen LogP contribution in [0.5, 0.6) is 0 Å². The number of hydrogen-bond acceptors (Lipinski definition) is 1. The van der Waals surface area contributed by atoms with E-state index in [0.29, 0.717) is 4.32 Å². The monoisotopic (exact) mass is 265 g/mol. The van der Waals surface area contributed by atoms with Gasteiger partial charge in [-0.25, -0.2) is 0 Å². The first-order valence-electron chi connectivity index (χ1n) is 5.71. The Morgan fingerprint density at radius 1 is 1.00 bits per heavy atom. The summed E-state index contributed by atoms with van der Waals surface area (Å²) < 4.78 is 0.331. The summed E-state index contributed by atoms with van der Waals surface area (Å²) in [4.78, 5) is 0. The van der Waals surface area contributed by atoms with E-state index in [0.717, 1.165) is 5.92 Å². The highest BCUT2D eigenvalue weighted by atomic mass is 79.9. The third-order valence-electron chi connectivity index (χ3n) is 2.78. The summed E-state index contributed by atoms with van der Waals surface area (Å²) in [6.07, 6.45) is 8.17. The molecule has 0 saturated heterocycles. The molecule has 0 aromatic rings. The zero-order valence-electron chi connectivity index (χ0n) is 10.4. The van der Waals surface area contributed by atoms with Gasteiger partial charge < -0.3 is 6.15 Å². The van der Waals surface area contributed by atoms with Gasteiger partial charge >= 0.3 is 0 Å². The van der Waals surface area contributed by atoms with Crippen LogP contribution in [0, 0.1) is 5.92 Å². The molecule has 0 aliphatic carbocycles. The molecule has 0 saturated carbocycles. The molecule has 0 unspecified atom stereocenters. The number of alkyl halides is 1. The molecule has 0 aromatic carbocycles. The molecule has 0 fully saturated rings. The van der Waals surface area contributed by atoms with Gasteiger partial charge in [-0.2, -0.15) is 0 Å². The second-order valence-corrected chi connectivity index (χ2v) is 6.59. The summed E-state index contributed by atoms with van der Waals surface area (Å²) in [6, 6.07) is 0. The normalized spacial score (nSPS) is 11.6. The van der Waals surface area contributed by atoms with E-state index in [1.807, 2.05) is 0 Å². The summed E-state index contributed by atoms with van der Waals surface area (Å²) in [5, 5.41) is 0. The van der Waals surface area contributed by atoms with Gasteiger partial charge in [-0.05, 0) is 32.6 Å². The molecular formula is C12H28BrN. The molecular weight excluding hydrogens is 238 g/mol. The van der Waals surface area contributed by atoms with Crippen LogP contribution in [0.2, 0.25) is 0 Å². The van der Waals surface area contributed by atoms with Crippen molar-refractivity contribution in [3.05, 3.63) is 0 Å². The molecule has 0 aliphatic rings. The highest BCUT2D eigenvalue weighted by Crippen LogP contribution is 2.34. The van der Waals surface area contributed by atoms with Crippen LogP contribution in [0.15, 0.2) is 0 Å². The molecule has 1 nitrogen and oxygen atoms in total. The Kier molecular flexibility index (Phi) is 10.5. The van der Waals surface area contributed by atoms with Crippen molar-refractivity contribution in [2.75, 3.05) is 0 Å². The fourth-order valence-electron chi connectivity index (χ4n) is 1.73. The first-order chi connectivity index (χ1) is 6.02. The van der Waals surface area contributed by atoms with Crippen LogP contribution in [-0.4, -0.2) is 4.32 Å². The van der Waals surface area contributed by atoms with E-state index in [9.17, 15) is 0 Å². The molecule has 0 radical (unpaired) electrons. The van der Waals surface area contributed by atoms with Crippen molar-refractivity contribution < 1.29 is 0 Å². The number of halogens is 1. The molecule has 0 atom stereocenters. The summed E-state index contributed by atoms with van der Waals surface area (Å²) in [5.41, 5.74) is 0. The molecule has 0 heterocycles. The van der Waals surface area contributed by atoms with Crippen LogP contribution in [-0.2, 0) is 0 Å². The fourth-order valence-corrected chi connectivity index (χ4v) is 2.19. The van der Waals surface area contributed by atoms with Crippen molar-refractivity contribution in [1.29, 1.82) is 0 Å². The Hall–Kier alpha value is 0.440. The van der Waals surface area contributed by atoms with E-state index in [1.165, 1.54) is 38.5 Å². The van der Waals surface area contributed by atoms with Crippen molar-refractivity contribution in [1.82, 2.24) is 6.15 Å². The largest absolute Gasteiger partial charge is 0.344 e. The highest BCUT2D eigenvalue weighted by Gasteiger charge is 2.24. The minimum absolute atomic E-state index is 0. The minimum Gasteiger partial charge on any atom is -0.344 e. The van der Waals surface area contributed by atoms with E-state index in [1.54, 1.807) is 0 Å². The standard InChI is InChI=1S/C12H25Br.H3N/c1-5-7-9-11(10-8-6-2)12(3,4)13;/h11H,5-10H2,1-4H3;1H3. The lowest BCUT2D eigenvalue weighted by Crippen LogP contribution is -2.24. The van der Waals surface area contributed by atoms with Gasteiger partial charge in [-0.3, -0.25) is 0 Å². The minimum atomic E-state index is 0. The smallest absolute Gasteiger partial charge is 0.0229 e. The second kappa shape index (κ2) is 8.72. The molecule has 0 aromatic heterocycles. The van der Waals surface area contributed by atoms with Gasteiger partial charge in [0.15, 0.2) is 0 Å². The molecule has 0 amide bonds. The highest BCUT2D eigenvalue weighted by molar-refractivity contribution is 9.10. The molecule has 3 N–H and O–H groups in total. The van der Waals surface area contributed by atoms with Crippen LogP contribution < -0.4 is 6.15 Å². The van der Waals surface area contributed by atoms with Gasteiger partial charge in [0.05, 0.1) is 0 Å². The van der Waals surface area contributed by atoms with Gasteiger partial charge in [-0.15, -0.1) is 0 Å². The fraction of sp³-hybridized carbons (Fsp3) is 1.00. The van der Waals surface area contributed by atoms with Gasteiger partial charge in [0.25, 0.3) is 0 Å².